The molecule has 0 spiro atoms. The quantitative estimate of drug-likeness (QED) is 0.917. The van der Waals surface area contributed by atoms with Crippen molar-refractivity contribution in [3.8, 4) is 0 Å². The molecule has 2 rings (SSSR count). The third-order valence-electron chi connectivity index (χ3n) is 3.89. The standard InChI is InChI=1S/C15H23ClN2.ClH/c1-12-10-14(16)6-5-13(12)11-18(2)15-4-3-8-17-9-7-15;/h5-6,10,15,17H,3-4,7-9,11H2,1-2H3;1H. The first kappa shape index (κ1) is 16.8. The Kier molecular flexibility index (Phi) is 7.16. The Labute approximate surface area is 127 Å². The number of aryl methyl sites for hydroxylation is 1. The molecule has 1 aromatic rings. The minimum absolute atomic E-state index is 0. The molecule has 1 aromatic carbocycles. The highest BCUT2D eigenvalue weighted by atomic mass is 35.5. The summed E-state index contributed by atoms with van der Waals surface area (Å²) in [4.78, 5) is 2.49. The molecule has 4 heteroatoms. The zero-order chi connectivity index (χ0) is 13.0. The molecular formula is C15H24Cl2N2. The minimum atomic E-state index is 0. The molecule has 108 valence electrons. The second kappa shape index (κ2) is 8.11. The van der Waals surface area contributed by atoms with E-state index in [-0.39, 0.29) is 12.4 Å². The second-order valence-corrected chi connectivity index (χ2v) is 5.76. The molecule has 1 heterocycles. The van der Waals surface area contributed by atoms with Gasteiger partial charge in [-0.05, 0) is 69.6 Å². The van der Waals surface area contributed by atoms with Gasteiger partial charge in [-0.3, -0.25) is 4.90 Å². The van der Waals surface area contributed by atoms with Crippen LogP contribution in [0.25, 0.3) is 0 Å². The molecule has 0 aromatic heterocycles. The maximum absolute atomic E-state index is 6.00. The predicted octanol–water partition coefficient (Wildman–Crippen LogP) is 3.64. The van der Waals surface area contributed by atoms with Gasteiger partial charge in [0.15, 0.2) is 0 Å². The van der Waals surface area contributed by atoms with Crippen LogP contribution in [0.1, 0.15) is 30.4 Å². The van der Waals surface area contributed by atoms with Gasteiger partial charge in [0.2, 0.25) is 0 Å². The van der Waals surface area contributed by atoms with E-state index in [9.17, 15) is 0 Å². The molecule has 1 saturated heterocycles. The number of rotatable bonds is 3. The van der Waals surface area contributed by atoms with Crippen molar-refractivity contribution in [2.24, 2.45) is 0 Å². The number of halogens is 2. The van der Waals surface area contributed by atoms with Crippen LogP contribution in [0.15, 0.2) is 18.2 Å². The van der Waals surface area contributed by atoms with Crippen LogP contribution in [-0.4, -0.2) is 31.1 Å². The molecule has 1 atom stereocenters. The summed E-state index contributed by atoms with van der Waals surface area (Å²) in [6.45, 7) is 5.48. The summed E-state index contributed by atoms with van der Waals surface area (Å²) in [5, 5.41) is 4.30. The first-order valence-electron chi connectivity index (χ1n) is 6.83. The first-order chi connectivity index (χ1) is 8.66. The molecule has 0 amide bonds. The van der Waals surface area contributed by atoms with Gasteiger partial charge in [-0.2, -0.15) is 0 Å². The second-order valence-electron chi connectivity index (χ2n) is 5.32. The van der Waals surface area contributed by atoms with Crippen molar-refractivity contribution in [1.29, 1.82) is 0 Å². The molecule has 1 unspecified atom stereocenters. The number of hydrogen-bond acceptors (Lipinski definition) is 2. The largest absolute Gasteiger partial charge is 0.317 e. The Hall–Kier alpha value is -0.280. The fourth-order valence-electron chi connectivity index (χ4n) is 2.68. The zero-order valence-corrected chi connectivity index (χ0v) is 13.4. The number of nitrogens with zero attached hydrogens (tertiary/aromatic N) is 1. The van der Waals surface area contributed by atoms with E-state index in [1.165, 1.54) is 36.9 Å². The van der Waals surface area contributed by atoms with Gasteiger partial charge in [0.05, 0.1) is 0 Å². The maximum atomic E-state index is 6.00. The van der Waals surface area contributed by atoms with E-state index in [1.807, 2.05) is 6.07 Å². The molecule has 1 N–H and O–H groups in total. The summed E-state index contributed by atoms with van der Waals surface area (Å²) < 4.78 is 0. The fraction of sp³-hybridized carbons (Fsp3) is 0.600. The van der Waals surface area contributed by atoms with Crippen molar-refractivity contribution in [3.05, 3.63) is 34.3 Å². The van der Waals surface area contributed by atoms with Gasteiger partial charge in [-0.1, -0.05) is 17.7 Å². The van der Waals surface area contributed by atoms with Crippen molar-refractivity contribution in [2.75, 3.05) is 20.1 Å². The van der Waals surface area contributed by atoms with Crippen LogP contribution >= 0.6 is 24.0 Å². The van der Waals surface area contributed by atoms with E-state index in [0.717, 1.165) is 18.1 Å². The van der Waals surface area contributed by atoms with Gasteiger partial charge in [-0.25, -0.2) is 0 Å². The minimum Gasteiger partial charge on any atom is -0.317 e. The summed E-state index contributed by atoms with van der Waals surface area (Å²) in [6, 6.07) is 6.91. The van der Waals surface area contributed by atoms with Crippen molar-refractivity contribution in [3.63, 3.8) is 0 Å². The highest BCUT2D eigenvalue weighted by Crippen LogP contribution is 2.19. The van der Waals surface area contributed by atoms with Crippen LogP contribution < -0.4 is 5.32 Å². The van der Waals surface area contributed by atoms with Crippen molar-refractivity contribution in [2.45, 2.75) is 38.8 Å². The van der Waals surface area contributed by atoms with E-state index < -0.39 is 0 Å². The summed E-state index contributed by atoms with van der Waals surface area (Å²) in [5.74, 6) is 0. The van der Waals surface area contributed by atoms with Gasteiger partial charge in [0, 0.05) is 17.6 Å². The molecule has 1 aliphatic heterocycles. The summed E-state index contributed by atoms with van der Waals surface area (Å²) in [6.07, 6.45) is 3.84. The Morgan fingerprint density at radius 1 is 1.32 bits per heavy atom. The van der Waals surface area contributed by atoms with Crippen LogP contribution in [0.2, 0.25) is 5.02 Å². The van der Waals surface area contributed by atoms with Gasteiger partial charge < -0.3 is 5.32 Å². The first-order valence-corrected chi connectivity index (χ1v) is 7.20. The molecule has 0 radical (unpaired) electrons. The average Bonchev–Trinajstić information content (AvgIpc) is 2.61. The molecule has 1 aliphatic rings. The van der Waals surface area contributed by atoms with Crippen LogP contribution in [0, 0.1) is 6.92 Å². The van der Waals surface area contributed by atoms with E-state index in [2.05, 4.69) is 36.3 Å². The molecule has 0 aliphatic carbocycles. The normalized spacial score (nSPS) is 19.9. The lowest BCUT2D eigenvalue weighted by atomic mass is 10.0. The Morgan fingerprint density at radius 2 is 2.11 bits per heavy atom. The van der Waals surface area contributed by atoms with E-state index in [4.69, 9.17) is 11.6 Å². The van der Waals surface area contributed by atoms with E-state index in [1.54, 1.807) is 0 Å². The molecule has 1 fully saturated rings. The molecule has 2 nitrogen and oxygen atoms in total. The number of hydrogen-bond donors (Lipinski definition) is 1. The lowest BCUT2D eigenvalue weighted by molar-refractivity contribution is 0.216. The van der Waals surface area contributed by atoms with Crippen molar-refractivity contribution >= 4 is 24.0 Å². The van der Waals surface area contributed by atoms with Gasteiger partial charge in [-0.15, -0.1) is 12.4 Å². The zero-order valence-electron chi connectivity index (χ0n) is 11.8. The average molecular weight is 303 g/mol. The van der Waals surface area contributed by atoms with Gasteiger partial charge in [0.1, 0.15) is 0 Å². The van der Waals surface area contributed by atoms with Crippen molar-refractivity contribution < 1.29 is 0 Å². The third-order valence-corrected chi connectivity index (χ3v) is 4.13. The Bertz CT molecular complexity index is 388. The Morgan fingerprint density at radius 3 is 2.84 bits per heavy atom. The fourth-order valence-corrected chi connectivity index (χ4v) is 2.90. The molecule has 0 bridgehead atoms. The lowest BCUT2D eigenvalue weighted by Crippen LogP contribution is -2.32. The predicted molar refractivity (Wildman–Crippen MR) is 85.4 cm³/mol. The van der Waals surface area contributed by atoms with E-state index in [0.29, 0.717) is 6.04 Å². The maximum Gasteiger partial charge on any atom is 0.0408 e. The van der Waals surface area contributed by atoms with Crippen LogP contribution in [0.5, 0.6) is 0 Å². The highest BCUT2D eigenvalue weighted by Gasteiger charge is 2.17. The summed E-state index contributed by atoms with van der Waals surface area (Å²) in [5.41, 5.74) is 2.68. The van der Waals surface area contributed by atoms with Crippen LogP contribution in [0.3, 0.4) is 0 Å². The van der Waals surface area contributed by atoms with Crippen LogP contribution in [-0.2, 0) is 6.54 Å². The lowest BCUT2D eigenvalue weighted by Gasteiger charge is -2.27. The SMILES string of the molecule is Cc1cc(Cl)ccc1CN(C)C1CCCNCC1.Cl. The summed E-state index contributed by atoms with van der Waals surface area (Å²) in [7, 11) is 2.24. The number of nitrogens with one attached hydrogen (secondary N) is 1. The van der Waals surface area contributed by atoms with Crippen molar-refractivity contribution in [1.82, 2.24) is 10.2 Å². The topological polar surface area (TPSA) is 15.3 Å². The molecule has 19 heavy (non-hydrogen) atoms. The Balaban J connectivity index is 0.00000180. The van der Waals surface area contributed by atoms with E-state index >= 15 is 0 Å². The van der Waals surface area contributed by atoms with Gasteiger partial charge in [0.25, 0.3) is 0 Å². The highest BCUT2D eigenvalue weighted by molar-refractivity contribution is 6.30. The molecule has 0 saturated carbocycles. The monoisotopic (exact) mass is 302 g/mol. The van der Waals surface area contributed by atoms with Crippen LogP contribution in [0.4, 0.5) is 0 Å². The smallest absolute Gasteiger partial charge is 0.0408 e. The summed E-state index contributed by atoms with van der Waals surface area (Å²) >= 11 is 6.00. The van der Waals surface area contributed by atoms with Gasteiger partial charge >= 0.3 is 0 Å². The number of benzene rings is 1. The molecular weight excluding hydrogens is 279 g/mol. The third kappa shape index (κ3) is 4.96.